The molecule has 1 aromatic carbocycles. The van der Waals surface area contributed by atoms with Gasteiger partial charge in [-0.1, -0.05) is 59.7 Å². The van der Waals surface area contributed by atoms with E-state index in [0.717, 1.165) is 16.5 Å². The summed E-state index contributed by atoms with van der Waals surface area (Å²) in [6.45, 7) is 12.1. The van der Waals surface area contributed by atoms with Crippen LogP contribution in [0.3, 0.4) is 0 Å². The summed E-state index contributed by atoms with van der Waals surface area (Å²) in [6, 6.07) is 7.61. The molecule has 2 heterocycles. The molecule has 1 fully saturated rings. The van der Waals surface area contributed by atoms with Crippen LogP contribution < -0.4 is 10.6 Å². The molecule has 1 saturated heterocycles. The molecule has 3 N–H and O–H groups in total. The molecule has 1 aliphatic rings. The molecule has 9 nitrogen and oxygen atoms in total. The Labute approximate surface area is 218 Å². The smallest absolute Gasteiger partial charge is 0.407 e. The van der Waals surface area contributed by atoms with Crippen molar-refractivity contribution >= 4 is 28.8 Å². The average Bonchev–Trinajstić information content (AvgIpc) is 3.41. The van der Waals surface area contributed by atoms with E-state index in [1.165, 1.54) is 7.11 Å². The minimum absolute atomic E-state index is 0.0904. The van der Waals surface area contributed by atoms with Gasteiger partial charge in [0.25, 0.3) is 0 Å². The Morgan fingerprint density at radius 1 is 1.22 bits per heavy atom. The van der Waals surface area contributed by atoms with Crippen LogP contribution in [0.5, 0.6) is 0 Å². The number of H-pyrrole nitrogens is 1. The van der Waals surface area contributed by atoms with Crippen molar-refractivity contribution < 1.29 is 19.1 Å². The largest absolute Gasteiger partial charge is 0.453 e. The second kappa shape index (κ2) is 11.2. The van der Waals surface area contributed by atoms with Crippen LogP contribution in [0.1, 0.15) is 47.1 Å². The number of hydrogen-bond acceptors (Lipinski definition) is 5. The number of carbonyl (C=O) groups excluding carboxylic acids is 3. The highest BCUT2D eigenvalue weighted by Crippen LogP contribution is 2.36. The molecule has 1 aliphatic heterocycles. The third-order valence-corrected chi connectivity index (χ3v) is 7.46. The number of amides is 3. The highest BCUT2D eigenvalue weighted by molar-refractivity contribution is 5.93. The zero-order valence-electron chi connectivity index (χ0n) is 22.8. The van der Waals surface area contributed by atoms with Crippen molar-refractivity contribution in [3.05, 3.63) is 36.0 Å². The third-order valence-electron chi connectivity index (χ3n) is 7.46. The highest BCUT2D eigenvalue weighted by Gasteiger charge is 2.49. The van der Waals surface area contributed by atoms with Crippen molar-refractivity contribution in [3.63, 3.8) is 0 Å². The number of rotatable bonds is 7. The van der Waals surface area contributed by atoms with E-state index in [0.29, 0.717) is 13.0 Å². The van der Waals surface area contributed by atoms with E-state index in [1.807, 2.05) is 58.2 Å². The standard InChI is InChI=1S/C28H39N5O4/c1-16(2)21-15-33(26(35)24(28(4,5)6)32-27(36)37-7)23(17(21)3)25(34)31-19(13-29)12-18-14-30-22-11-9-8-10-20(18)22/h8-11,14,16-17,19,21,23-24,30H,12,15H2,1-7H3,(H,31,34)(H,32,36)/t17-,19+,21?,23?,24-/m1/s1. The van der Waals surface area contributed by atoms with Crippen LogP contribution in [0.15, 0.2) is 30.5 Å². The SMILES string of the molecule is COC(=O)N[C@H](C(=O)N1CC(C(C)C)[C@@H](C)C1C(=O)N[C@H](C#N)Cc1c[nH]c2ccccc12)C(C)(C)C. The molecule has 0 aliphatic carbocycles. The highest BCUT2D eigenvalue weighted by atomic mass is 16.5. The molecule has 37 heavy (non-hydrogen) atoms. The first-order valence-electron chi connectivity index (χ1n) is 12.8. The normalized spacial score (nSPS) is 21.4. The van der Waals surface area contributed by atoms with Crippen molar-refractivity contribution in [2.45, 2.75) is 66.1 Å². The van der Waals surface area contributed by atoms with E-state index in [-0.39, 0.29) is 29.6 Å². The molecule has 3 rings (SSSR count). The van der Waals surface area contributed by atoms with Crippen LogP contribution >= 0.6 is 0 Å². The number of ether oxygens (including phenoxy) is 1. The summed E-state index contributed by atoms with van der Waals surface area (Å²) in [4.78, 5) is 44.3. The van der Waals surface area contributed by atoms with Gasteiger partial charge in [-0.05, 0) is 34.8 Å². The number of nitrogens with zero attached hydrogens (tertiary/aromatic N) is 2. The lowest BCUT2D eigenvalue weighted by molar-refractivity contribution is -0.142. The lowest BCUT2D eigenvalue weighted by atomic mass is 9.84. The van der Waals surface area contributed by atoms with Crippen molar-refractivity contribution in [2.24, 2.45) is 23.2 Å². The lowest BCUT2D eigenvalue weighted by Crippen LogP contribution is -2.59. The summed E-state index contributed by atoms with van der Waals surface area (Å²) in [5.41, 5.74) is 1.29. The predicted molar refractivity (Wildman–Crippen MR) is 141 cm³/mol. The molecular formula is C28H39N5O4. The number of methoxy groups -OCH3 is 1. The van der Waals surface area contributed by atoms with Crippen molar-refractivity contribution in [1.82, 2.24) is 20.5 Å². The Balaban J connectivity index is 1.86. The minimum atomic E-state index is -0.883. The van der Waals surface area contributed by atoms with E-state index in [2.05, 4.69) is 35.5 Å². The molecule has 0 radical (unpaired) electrons. The van der Waals surface area contributed by atoms with E-state index in [1.54, 1.807) is 4.90 Å². The first-order chi connectivity index (χ1) is 17.4. The Morgan fingerprint density at radius 2 is 1.89 bits per heavy atom. The fourth-order valence-corrected chi connectivity index (χ4v) is 5.35. The van der Waals surface area contributed by atoms with Gasteiger partial charge in [0.2, 0.25) is 11.8 Å². The fraction of sp³-hybridized carbons (Fsp3) is 0.571. The molecule has 9 heteroatoms. The van der Waals surface area contributed by atoms with E-state index in [4.69, 9.17) is 4.74 Å². The average molecular weight is 510 g/mol. The van der Waals surface area contributed by atoms with E-state index < -0.39 is 29.6 Å². The van der Waals surface area contributed by atoms with Crippen LogP contribution in [0.25, 0.3) is 10.9 Å². The number of carbonyl (C=O) groups is 3. The molecule has 0 saturated carbocycles. The number of fused-ring (bicyclic) bond motifs is 1. The molecule has 0 spiro atoms. The van der Waals surface area contributed by atoms with Crippen LogP contribution in [-0.4, -0.2) is 59.6 Å². The quantitative estimate of drug-likeness (QED) is 0.525. The number of likely N-dealkylation sites (tertiary alicyclic amines) is 1. The molecule has 200 valence electrons. The summed E-state index contributed by atoms with van der Waals surface area (Å²) >= 11 is 0. The van der Waals surface area contributed by atoms with E-state index in [9.17, 15) is 19.6 Å². The first-order valence-corrected chi connectivity index (χ1v) is 12.8. The minimum Gasteiger partial charge on any atom is -0.453 e. The zero-order valence-corrected chi connectivity index (χ0v) is 22.8. The van der Waals surface area contributed by atoms with E-state index >= 15 is 0 Å². The summed E-state index contributed by atoms with van der Waals surface area (Å²) in [5.74, 6) is -0.496. The molecular weight excluding hydrogens is 470 g/mol. The number of alkyl carbamates (subject to hydrolysis) is 1. The first kappa shape index (κ1) is 28.0. The Hall–Kier alpha value is -3.54. The van der Waals surface area contributed by atoms with Gasteiger partial charge in [0.05, 0.1) is 13.2 Å². The molecule has 3 amide bonds. The van der Waals surface area contributed by atoms with Gasteiger partial charge in [-0.15, -0.1) is 0 Å². The number of aromatic nitrogens is 1. The number of nitriles is 1. The van der Waals surface area contributed by atoms with Crippen LogP contribution in [-0.2, 0) is 20.7 Å². The van der Waals surface area contributed by atoms with Gasteiger partial charge in [0.1, 0.15) is 18.1 Å². The molecule has 2 unspecified atom stereocenters. The second-order valence-corrected chi connectivity index (χ2v) is 11.4. The second-order valence-electron chi connectivity index (χ2n) is 11.4. The monoisotopic (exact) mass is 509 g/mol. The molecule has 5 atom stereocenters. The molecule has 0 bridgehead atoms. The van der Waals surface area contributed by atoms with Crippen LogP contribution in [0, 0.1) is 34.5 Å². The number of nitrogens with one attached hydrogen (secondary N) is 3. The summed E-state index contributed by atoms with van der Waals surface area (Å²) in [7, 11) is 1.25. The third kappa shape index (κ3) is 6.07. The summed E-state index contributed by atoms with van der Waals surface area (Å²) in [6.07, 6.45) is 1.49. The van der Waals surface area contributed by atoms with Crippen molar-refractivity contribution in [3.8, 4) is 6.07 Å². The van der Waals surface area contributed by atoms with Gasteiger partial charge in [-0.2, -0.15) is 5.26 Å². The van der Waals surface area contributed by atoms with Crippen molar-refractivity contribution in [2.75, 3.05) is 13.7 Å². The number of benzene rings is 1. The lowest BCUT2D eigenvalue weighted by Gasteiger charge is -2.35. The number of para-hydroxylation sites is 1. The van der Waals surface area contributed by atoms with Crippen molar-refractivity contribution in [1.29, 1.82) is 5.26 Å². The van der Waals surface area contributed by atoms with Gasteiger partial charge < -0.3 is 25.3 Å². The van der Waals surface area contributed by atoms with Crippen LogP contribution in [0.2, 0.25) is 0 Å². The predicted octanol–water partition coefficient (Wildman–Crippen LogP) is 3.61. The van der Waals surface area contributed by atoms with Gasteiger partial charge in [-0.25, -0.2) is 4.79 Å². The fourth-order valence-electron chi connectivity index (χ4n) is 5.35. The van der Waals surface area contributed by atoms with Gasteiger partial charge in [0, 0.05) is 30.1 Å². The maximum Gasteiger partial charge on any atom is 0.407 e. The Bertz CT molecular complexity index is 1180. The maximum atomic E-state index is 13.8. The maximum absolute atomic E-state index is 13.8. The van der Waals surface area contributed by atoms with Crippen LogP contribution in [0.4, 0.5) is 4.79 Å². The molecule has 1 aromatic heterocycles. The number of hydrogen-bond donors (Lipinski definition) is 3. The summed E-state index contributed by atoms with van der Waals surface area (Å²) in [5, 5.41) is 16.4. The number of aromatic amines is 1. The van der Waals surface area contributed by atoms with Gasteiger partial charge >= 0.3 is 6.09 Å². The van der Waals surface area contributed by atoms with Gasteiger partial charge in [0.15, 0.2) is 0 Å². The van der Waals surface area contributed by atoms with Gasteiger partial charge in [-0.3, -0.25) is 9.59 Å². The summed E-state index contributed by atoms with van der Waals surface area (Å²) < 4.78 is 4.75. The Kier molecular flexibility index (Phi) is 8.52. The zero-order chi connectivity index (χ0) is 27.5. The molecule has 2 aromatic rings. The topological polar surface area (TPSA) is 127 Å². The Morgan fingerprint density at radius 3 is 2.49 bits per heavy atom.